The molecule has 0 bridgehead atoms. The highest BCUT2D eigenvalue weighted by molar-refractivity contribution is 5.49. The largest absolute Gasteiger partial charge is 0.303 e. The summed E-state index contributed by atoms with van der Waals surface area (Å²) in [5.41, 5.74) is 1.23. The Hall–Kier alpha value is -1.11. The van der Waals surface area contributed by atoms with Crippen LogP contribution in [0.1, 0.15) is 32.3 Å². The molecule has 1 rings (SSSR count). The lowest BCUT2D eigenvalue weighted by Gasteiger charge is -1.93. The Balaban J connectivity index is 0.000000424. The van der Waals surface area contributed by atoms with E-state index in [0.29, 0.717) is 6.42 Å². The molecule has 0 spiro atoms. The number of carbonyl (C=O) groups excluding carboxylic acids is 1. The SMILES string of the molecule is CCC.O=CCCc1ccccc1. The minimum Gasteiger partial charge on any atom is -0.303 e. The van der Waals surface area contributed by atoms with Gasteiger partial charge in [0.05, 0.1) is 0 Å². The van der Waals surface area contributed by atoms with E-state index in [1.165, 1.54) is 12.0 Å². The molecule has 0 aliphatic carbocycles. The van der Waals surface area contributed by atoms with Crippen LogP contribution in [-0.4, -0.2) is 6.29 Å². The van der Waals surface area contributed by atoms with Crippen molar-refractivity contribution in [2.24, 2.45) is 0 Å². The van der Waals surface area contributed by atoms with Gasteiger partial charge in [0.15, 0.2) is 0 Å². The fourth-order valence-corrected chi connectivity index (χ4v) is 0.870. The predicted molar refractivity (Wildman–Crippen MR) is 56.8 cm³/mol. The smallest absolute Gasteiger partial charge is 0.120 e. The Morgan fingerprint density at radius 3 is 2.15 bits per heavy atom. The van der Waals surface area contributed by atoms with E-state index in [9.17, 15) is 4.79 Å². The summed E-state index contributed by atoms with van der Waals surface area (Å²) in [6.07, 6.45) is 3.70. The molecule has 1 nitrogen and oxygen atoms in total. The van der Waals surface area contributed by atoms with Gasteiger partial charge in [-0.2, -0.15) is 0 Å². The number of rotatable bonds is 3. The molecule has 0 heterocycles. The quantitative estimate of drug-likeness (QED) is 0.649. The van der Waals surface area contributed by atoms with Crippen molar-refractivity contribution in [3.05, 3.63) is 35.9 Å². The van der Waals surface area contributed by atoms with Gasteiger partial charge in [-0.1, -0.05) is 50.6 Å². The molecule has 72 valence electrons. The first-order valence-corrected chi connectivity index (χ1v) is 4.82. The van der Waals surface area contributed by atoms with Crippen LogP contribution in [0.15, 0.2) is 30.3 Å². The number of aldehydes is 1. The van der Waals surface area contributed by atoms with Gasteiger partial charge < -0.3 is 4.79 Å². The summed E-state index contributed by atoms with van der Waals surface area (Å²) in [6, 6.07) is 10.0. The summed E-state index contributed by atoms with van der Waals surface area (Å²) in [6.45, 7) is 4.25. The zero-order valence-electron chi connectivity index (χ0n) is 8.49. The normalized spacial score (nSPS) is 8.46. The monoisotopic (exact) mass is 178 g/mol. The zero-order valence-corrected chi connectivity index (χ0v) is 8.49. The molecule has 0 amide bonds. The minimum atomic E-state index is 0.629. The van der Waals surface area contributed by atoms with E-state index in [-0.39, 0.29) is 0 Å². The lowest BCUT2D eigenvalue weighted by atomic mass is 10.1. The molecular weight excluding hydrogens is 160 g/mol. The molecule has 13 heavy (non-hydrogen) atoms. The maximum Gasteiger partial charge on any atom is 0.120 e. The maximum absolute atomic E-state index is 9.98. The number of benzene rings is 1. The minimum absolute atomic E-state index is 0.629. The highest BCUT2D eigenvalue weighted by Gasteiger charge is 1.87. The summed E-state index contributed by atoms with van der Waals surface area (Å²) in [4.78, 5) is 9.98. The molecule has 0 radical (unpaired) electrons. The summed E-state index contributed by atoms with van der Waals surface area (Å²) < 4.78 is 0. The molecule has 0 fully saturated rings. The molecular formula is C12H18O. The highest BCUT2D eigenvalue weighted by atomic mass is 16.1. The number of hydrogen-bond donors (Lipinski definition) is 0. The summed E-state index contributed by atoms with van der Waals surface area (Å²) in [7, 11) is 0. The van der Waals surface area contributed by atoms with Crippen molar-refractivity contribution >= 4 is 6.29 Å². The van der Waals surface area contributed by atoms with Crippen LogP contribution in [-0.2, 0) is 11.2 Å². The Kier molecular flexibility index (Phi) is 8.21. The van der Waals surface area contributed by atoms with Gasteiger partial charge in [-0.15, -0.1) is 0 Å². The second kappa shape index (κ2) is 8.98. The first kappa shape index (κ1) is 11.9. The molecule has 0 N–H and O–H groups in total. The van der Waals surface area contributed by atoms with Gasteiger partial charge in [0.2, 0.25) is 0 Å². The van der Waals surface area contributed by atoms with E-state index in [1.54, 1.807) is 0 Å². The number of hydrogen-bond acceptors (Lipinski definition) is 1. The molecule has 0 unspecified atom stereocenters. The molecule has 0 aromatic heterocycles. The summed E-state index contributed by atoms with van der Waals surface area (Å²) >= 11 is 0. The molecule has 0 aliphatic heterocycles. The van der Waals surface area contributed by atoms with Gasteiger partial charge >= 0.3 is 0 Å². The van der Waals surface area contributed by atoms with Crippen molar-refractivity contribution in [2.75, 3.05) is 0 Å². The average molecular weight is 178 g/mol. The van der Waals surface area contributed by atoms with Crippen LogP contribution in [0.2, 0.25) is 0 Å². The second-order valence-corrected chi connectivity index (χ2v) is 2.90. The van der Waals surface area contributed by atoms with Gasteiger partial charge in [-0.05, 0) is 12.0 Å². The van der Waals surface area contributed by atoms with E-state index in [0.717, 1.165) is 12.7 Å². The van der Waals surface area contributed by atoms with Gasteiger partial charge in [0.25, 0.3) is 0 Å². The highest BCUT2D eigenvalue weighted by Crippen LogP contribution is 2.00. The Labute approximate surface area is 80.8 Å². The van der Waals surface area contributed by atoms with Crippen molar-refractivity contribution < 1.29 is 4.79 Å². The predicted octanol–water partition coefficient (Wildman–Crippen LogP) is 3.23. The maximum atomic E-state index is 9.98. The summed E-state index contributed by atoms with van der Waals surface area (Å²) in [5.74, 6) is 0. The Morgan fingerprint density at radius 2 is 1.69 bits per heavy atom. The van der Waals surface area contributed by atoms with Crippen molar-refractivity contribution in [1.29, 1.82) is 0 Å². The number of aryl methyl sites for hydroxylation is 1. The Bertz CT molecular complexity index is 204. The molecule has 1 heteroatoms. The fraction of sp³-hybridized carbons (Fsp3) is 0.417. The van der Waals surface area contributed by atoms with Crippen LogP contribution in [0.5, 0.6) is 0 Å². The summed E-state index contributed by atoms with van der Waals surface area (Å²) in [5, 5.41) is 0. The van der Waals surface area contributed by atoms with Gasteiger partial charge in [-0.3, -0.25) is 0 Å². The fourth-order valence-electron chi connectivity index (χ4n) is 0.870. The lowest BCUT2D eigenvalue weighted by Crippen LogP contribution is -1.83. The van der Waals surface area contributed by atoms with Gasteiger partial charge in [0, 0.05) is 6.42 Å². The van der Waals surface area contributed by atoms with E-state index in [2.05, 4.69) is 13.8 Å². The van der Waals surface area contributed by atoms with Crippen LogP contribution in [0.25, 0.3) is 0 Å². The van der Waals surface area contributed by atoms with Crippen LogP contribution < -0.4 is 0 Å². The van der Waals surface area contributed by atoms with E-state index in [4.69, 9.17) is 0 Å². The van der Waals surface area contributed by atoms with Crippen molar-refractivity contribution in [3.8, 4) is 0 Å². The third-order valence-corrected chi connectivity index (χ3v) is 1.39. The van der Waals surface area contributed by atoms with Gasteiger partial charge in [0.1, 0.15) is 6.29 Å². The average Bonchev–Trinajstić information content (AvgIpc) is 2.18. The molecule has 0 atom stereocenters. The van der Waals surface area contributed by atoms with Crippen molar-refractivity contribution in [1.82, 2.24) is 0 Å². The van der Waals surface area contributed by atoms with E-state index >= 15 is 0 Å². The first-order chi connectivity index (χ1) is 6.35. The second-order valence-electron chi connectivity index (χ2n) is 2.90. The third-order valence-electron chi connectivity index (χ3n) is 1.39. The lowest BCUT2D eigenvalue weighted by molar-refractivity contribution is -0.107. The third kappa shape index (κ3) is 7.26. The van der Waals surface area contributed by atoms with Gasteiger partial charge in [-0.25, -0.2) is 0 Å². The van der Waals surface area contributed by atoms with Crippen LogP contribution in [0.3, 0.4) is 0 Å². The molecule has 0 saturated carbocycles. The first-order valence-electron chi connectivity index (χ1n) is 4.82. The van der Waals surface area contributed by atoms with Crippen LogP contribution in [0.4, 0.5) is 0 Å². The van der Waals surface area contributed by atoms with Crippen LogP contribution in [0, 0.1) is 0 Å². The zero-order chi connectivity index (χ0) is 9.94. The Morgan fingerprint density at radius 1 is 1.15 bits per heavy atom. The van der Waals surface area contributed by atoms with Crippen molar-refractivity contribution in [3.63, 3.8) is 0 Å². The molecule has 1 aromatic rings. The van der Waals surface area contributed by atoms with E-state index in [1.807, 2.05) is 30.3 Å². The van der Waals surface area contributed by atoms with Crippen LogP contribution >= 0.6 is 0 Å². The molecule has 0 aliphatic rings. The topological polar surface area (TPSA) is 17.1 Å². The number of carbonyl (C=O) groups is 1. The van der Waals surface area contributed by atoms with Crippen molar-refractivity contribution in [2.45, 2.75) is 33.1 Å². The van der Waals surface area contributed by atoms with E-state index < -0.39 is 0 Å². The molecule has 1 aromatic carbocycles. The molecule has 0 saturated heterocycles. The standard InChI is InChI=1S/C9H10O.C3H8/c10-8-4-7-9-5-2-1-3-6-9;1-3-2/h1-3,5-6,8H,4,7H2;3H2,1-2H3.